The smallest absolute Gasteiger partial charge is 0.383 e. The predicted molar refractivity (Wildman–Crippen MR) is 27.6 cm³/mol. The van der Waals surface area contributed by atoms with E-state index in [0.29, 0.717) is 0 Å². The molecule has 1 unspecified atom stereocenters. The molecule has 0 radical (unpaired) electrons. The molecular formula is C5H5F7O. The summed E-state index contributed by atoms with van der Waals surface area (Å²) < 4.78 is 80.7. The summed E-state index contributed by atoms with van der Waals surface area (Å²) in [4.78, 5) is 0. The molecule has 1 atom stereocenters. The van der Waals surface area contributed by atoms with E-state index in [1.54, 1.807) is 0 Å². The van der Waals surface area contributed by atoms with Gasteiger partial charge in [-0.25, -0.2) is 17.6 Å². The summed E-state index contributed by atoms with van der Waals surface area (Å²) in [5.41, 5.74) is 0. The standard InChI is InChI=1S/C5H5F7O/c6-3(7)4(8,9)1-2(13)5(10,11)12/h2-3,13H,1H2. The Morgan fingerprint density at radius 2 is 1.38 bits per heavy atom. The fraction of sp³-hybridized carbons (Fsp3) is 1.00. The molecule has 0 saturated heterocycles. The lowest BCUT2D eigenvalue weighted by Crippen LogP contribution is -2.38. The van der Waals surface area contributed by atoms with Gasteiger partial charge in [0.15, 0.2) is 6.10 Å². The van der Waals surface area contributed by atoms with Gasteiger partial charge in [0.2, 0.25) is 0 Å². The zero-order valence-corrected chi connectivity index (χ0v) is 5.95. The fourth-order valence-corrected chi connectivity index (χ4v) is 0.463. The molecule has 0 aliphatic heterocycles. The second kappa shape index (κ2) is 3.69. The van der Waals surface area contributed by atoms with Crippen LogP contribution < -0.4 is 0 Å². The Morgan fingerprint density at radius 1 is 1.00 bits per heavy atom. The van der Waals surface area contributed by atoms with Crippen LogP contribution in [0.4, 0.5) is 30.7 Å². The Labute approximate surface area is 68.2 Å². The summed E-state index contributed by atoms with van der Waals surface area (Å²) in [5, 5.41) is 8.03. The van der Waals surface area contributed by atoms with Gasteiger partial charge in [-0.05, 0) is 0 Å². The second-order valence-electron chi connectivity index (χ2n) is 2.32. The average molecular weight is 214 g/mol. The molecule has 80 valence electrons. The SMILES string of the molecule is OC(CC(F)(F)C(F)F)C(F)(F)F. The highest BCUT2D eigenvalue weighted by Crippen LogP contribution is 2.33. The number of halogens is 7. The molecule has 1 N–H and O–H groups in total. The Balaban J connectivity index is 4.28. The molecule has 0 aromatic carbocycles. The monoisotopic (exact) mass is 214 g/mol. The zero-order valence-electron chi connectivity index (χ0n) is 5.95. The summed E-state index contributed by atoms with van der Waals surface area (Å²) >= 11 is 0. The molecule has 13 heavy (non-hydrogen) atoms. The first-order valence-corrected chi connectivity index (χ1v) is 2.98. The quantitative estimate of drug-likeness (QED) is 0.714. The van der Waals surface area contributed by atoms with Crippen LogP contribution >= 0.6 is 0 Å². The van der Waals surface area contributed by atoms with Gasteiger partial charge in [-0.1, -0.05) is 0 Å². The molecule has 0 aromatic heterocycles. The normalized spacial score (nSPS) is 16.4. The molecule has 0 spiro atoms. The third-order valence-electron chi connectivity index (χ3n) is 1.16. The Hall–Kier alpha value is -0.530. The molecule has 0 rings (SSSR count). The van der Waals surface area contributed by atoms with E-state index in [1.165, 1.54) is 0 Å². The highest BCUT2D eigenvalue weighted by atomic mass is 19.4. The van der Waals surface area contributed by atoms with Gasteiger partial charge in [0.1, 0.15) is 0 Å². The van der Waals surface area contributed by atoms with Crippen molar-refractivity contribution >= 4 is 0 Å². The van der Waals surface area contributed by atoms with Crippen molar-refractivity contribution in [2.24, 2.45) is 0 Å². The van der Waals surface area contributed by atoms with Crippen molar-refractivity contribution in [3.05, 3.63) is 0 Å². The fourth-order valence-electron chi connectivity index (χ4n) is 0.463. The van der Waals surface area contributed by atoms with E-state index < -0.39 is 31.0 Å². The second-order valence-corrected chi connectivity index (χ2v) is 2.32. The number of aliphatic hydroxyl groups excluding tert-OH is 1. The molecular weight excluding hydrogens is 209 g/mol. The lowest BCUT2D eigenvalue weighted by atomic mass is 10.1. The Kier molecular flexibility index (Phi) is 3.54. The van der Waals surface area contributed by atoms with Crippen LogP contribution in [0.3, 0.4) is 0 Å². The lowest BCUT2D eigenvalue weighted by Gasteiger charge is -2.20. The first-order chi connectivity index (χ1) is 5.57. The minimum atomic E-state index is -5.31. The van der Waals surface area contributed by atoms with Gasteiger partial charge >= 0.3 is 18.5 Å². The van der Waals surface area contributed by atoms with Crippen LogP contribution in [-0.4, -0.2) is 29.7 Å². The third-order valence-corrected chi connectivity index (χ3v) is 1.16. The maximum Gasteiger partial charge on any atom is 0.414 e. The summed E-state index contributed by atoms with van der Waals surface area (Å²) in [5.74, 6) is -4.82. The van der Waals surface area contributed by atoms with Crippen LogP contribution in [-0.2, 0) is 0 Å². The Morgan fingerprint density at radius 3 is 1.62 bits per heavy atom. The van der Waals surface area contributed by atoms with E-state index in [9.17, 15) is 30.7 Å². The topological polar surface area (TPSA) is 20.2 Å². The minimum absolute atomic E-state index is 2.33. The highest BCUT2D eigenvalue weighted by molar-refractivity contribution is 4.77. The van der Waals surface area contributed by atoms with Crippen LogP contribution in [0, 0.1) is 0 Å². The minimum Gasteiger partial charge on any atom is -0.383 e. The molecule has 0 bridgehead atoms. The highest BCUT2D eigenvalue weighted by Gasteiger charge is 2.49. The number of hydrogen-bond acceptors (Lipinski definition) is 1. The van der Waals surface area contributed by atoms with Crippen molar-refractivity contribution in [2.45, 2.75) is 31.0 Å². The van der Waals surface area contributed by atoms with Gasteiger partial charge in [0, 0.05) is 0 Å². The van der Waals surface area contributed by atoms with E-state index in [4.69, 9.17) is 5.11 Å². The van der Waals surface area contributed by atoms with Gasteiger partial charge in [0.25, 0.3) is 0 Å². The molecule has 0 saturated carbocycles. The Bertz CT molecular complexity index is 163. The molecule has 1 nitrogen and oxygen atoms in total. The van der Waals surface area contributed by atoms with E-state index in [0.717, 1.165) is 0 Å². The van der Waals surface area contributed by atoms with Crippen LogP contribution in [0.15, 0.2) is 0 Å². The predicted octanol–water partition coefficient (Wildman–Crippen LogP) is 2.20. The van der Waals surface area contributed by atoms with Crippen molar-refractivity contribution in [3.63, 3.8) is 0 Å². The van der Waals surface area contributed by atoms with Gasteiger partial charge in [-0.2, -0.15) is 13.2 Å². The third kappa shape index (κ3) is 3.79. The van der Waals surface area contributed by atoms with Crippen LogP contribution in [0.5, 0.6) is 0 Å². The first kappa shape index (κ1) is 12.5. The van der Waals surface area contributed by atoms with Gasteiger partial charge in [0.05, 0.1) is 6.42 Å². The van der Waals surface area contributed by atoms with Gasteiger partial charge < -0.3 is 5.11 Å². The number of rotatable bonds is 3. The van der Waals surface area contributed by atoms with Crippen molar-refractivity contribution in [3.8, 4) is 0 Å². The van der Waals surface area contributed by atoms with Gasteiger partial charge in [-0.15, -0.1) is 0 Å². The van der Waals surface area contributed by atoms with Crippen molar-refractivity contribution < 1.29 is 35.8 Å². The summed E-state index contributed by atoms with van der Waals surface area (Å²) in [6.45, 7) is 0. The molecule has 0 aromatic rings. The van der Waals surface area contributed by atoms with E-state index >= 15 is 0 Å². The molecule has 0 heterocycles. The van der Waals surface area contributed by atoms with Crippen molar-refractivity contribution in [1.29, 1.82) is 0 Å². The average Bonchev–Trinajstić information content (AvgIpc) is 1.83. The summed E-state index contributed by atoms with van der Waals surface area (Å²) in [7, 11) is 0. The van der Waals surface area contributed by atoms with E-state index in [-0.39, 0.29) is 0 Å². The molecule has 0 aliphatic rings. The van der Waals surface area contributed by atoms with E-state index in [1.807, 2.05) is 0 Å². The maximum absolute atomic E-state index is 11.9. The molecule has 0 fully saturated rings. The van der Waals surface area contributed by atoms with Crippen molar-refractivity contribution in [1.82, 2.24) is 0 Å². The van der Waals surface area contributed by atoms with E-state index in [2.05, 4.69) is 0 Å². The lowest BCUT2D eigenvalue weighted by molar-refractivity contribution is -0.236. The van der Waals surface area contributed by atoms with Crippen LogP contribution in [0.2, 0.25) is 0 Å². The first-order valence-electron chi connectivity index (χ1n) is 2.98. The number of hydrogen-bond donors (Lipinski definition) is 1. The summed E-state index contributed by atoms with van der Waals surface area (Å²) in [6.07, 6.45) is -15.3. The number of alkyl halides is 7. The molecule has 0 aliphatic carbocycles. The maximum atomic E-state index is 11.9. The summed E-state index contributed by atoms with van der Waals surface area (Å²) in [6, 6.07) is 0. The van der Waals surface area contributed by atoms with Crippen LogP contribution in [0.25, 0.3) is 0 Å². The number of aliphatic hydroxyl groups is 1. The molecule has 0 amide bonds. The van der Waals surface area contributed by atoms with Crippen LogP contribution in [0.1, 0.15) is 6.42 Å². The molecule has 8 heteroatoms. The van der Waals surface area contributed by atoms with Gasteiger partial charge in [-0.3, -0.25) is 0 Å². The van der Waals surface area contributed by atoms with Crippen molar-refractivity contribution in [2.75, 3.05) is 0 Å². The zero-order chi connectivity index (χ0) is 10.9. The largest absolute Gasteiger partial charge is 0.414 e.